The van der Waals surface area contributed by atoms with E-state index in [4.69, 9.17) is 4.74 Å². The third kappa shape index (κ3) is 3.98. The van der Waals surface area contributed by atoms with Gasteiger partial charge in [-0.25, -0.2) is 0 Å². The Morgan fingerprint density at radius 1 is 1.04 bits per heavy atom. The van der Waals surface area contributed by atoms with Crippen LogP contribution >= 0.6 is 0 Å². The minimum Gasteiger partial charge on any atom is -0.497 e. The third-order valence-corrected chi connectivity index (χ3v) is 3.58. The molecule has 122 valence electrons. The van der Waals surface area contributed by atoms with E-state index in [0.29, 0.717) is 18.3 Å². The second-order valence-corrected chi connectivity index (χ2v) is 5.31. The van der Waals surface area contributed by atoms with E-state index in [9.17, 15) is 0 Å². The van der Waals surface area contributed by atoms with Gasteiger partial charge in [0.1, 0.15) is 5.75 Å². The predicted molar refractivity (Wildman–Crippen MR) is 94.6 cm³/mol. The summed E-state index contributed by atoms with van der Waals surface area (Å²) in [6, 6.07) is 15.9. The molecule has 0 spiro atoms. The highest BCUT2D eigenvalue weighted by molar-refractivity contribution is 5.60. The van der Waals surface area contributed by atoms with Crippen LogP contribution in [0.3, 0.4) is 0 Å². The van der Waals surface area contributed by atoms with Crippen molar-refractivity contribution in [3.05, 3.63) is 65.9 Å². The van der Waals surface area contributed by atoms with E-state index in [1.54, 1.807) is 13.3 Å². The molecule has 1 aromatic heterocycles. The minimum absolute atomic E-state index is 0.476. The van der Waals surface area contributed by atoms with Crippen molar-refractivity contribution in [1.29, 1.82) is 0 Å². The highest BCUT2D eigenvalue weighted by Gasteiger charge is 2.03. The van der Waals surface area contributed by atoms with E-state index in [1.807, 2.05) is 55.5 Å². The molecule has 24 heavy (non-hydrogen) atoms. The number of benzene rings is 2. The molecule has 0 saturated carbocycles. The van der Waals surface area contributed by atoms with Crippen LogP contribution in [0.25, 0.3) is 0 Å². The lowest BCUT2D eigenvalue weighted by atomic mass is 10.2. The number of rotatable bonds is 6. The smallest absolute Gasteiger partial charge is 0.244 e. The van der Waals surface area contributed by atoms with E-state index < -0.39 is 0 Å². The average Bonchev–Trinajstić information content (AvgIpc) is 2.63. The first-order chi connectivity index (χ1) is 11.7. The molecule has 0 fully saturated rings. The monoisotopic (exact) mass is 321 g/mol. The Bertz CT molecular complexity index is 805. The van der Waals surface area contributed by atoms with Crippen molar-refractivity contribution in [3.8, 4) is 5.75 Å². The summed E-state index contributed by atoms with van der Waals surface area (Å²) in [5.41, 5.74) is 3.25. The Morgan fingerprint density at radius 2 is 1.83 bits per heavy atom. The second-order valence-electron chi connectivity index (χ2n) is 5.31. The van der Waals surface area contributed by atoms with Crippen LogP contribution in [0.4, 0.5) is 17.5 Å². The Morgan fingerprint density at radius 3 is 2.58 bits per heavy atom. The van der Waals surface area contributed by atoms with Gasteiger partial charge in [0, 0.05) is 12.2 Å². The molecule has 1 heterocycles. The maximum absolute atomic E-state index is 5.15. The molecule has 0 aliphatic heterocycles. The third-order valence-electron chi connectivity index (χ3n) is 3.58. The number of ether oxygens (including phenoxy) is 1. The number of hydrogen-bond acceptors (Lipinski definition) is 6. The average molecular weight is 321 g/mol. The van der Waals surface area contributed by atoms with Gasteiger partial charge in [-0.2, -0.15) is 10.1 Å². The zero-order chi connectivity index (χ0) is 16.8. The van der Waals surface area contributed by atoms with Crippen LogP contribution < -0.4 is 15.4 Å². The number of nitrogens with one attached hydrogen (secondary N) is 2. The molecule has 0 radical (unpaired) electrons. The summed E-state index contributed by atoms with van der Waals surface area (Å²) in [7, 11) is 1.65. The van der Waals surface area contributed by atoms with Gasteiger partial charge in [-0.1, -0.05) is 30.3 Å². The van der Waals surface area contributed by atoms with E-state index >= 15 is 0 Å². The Hall–Kier alpha value is -3.15. The highest BCUT2D eigenvalue weighted by atomic mass is 16.5. The number of hydrogen-bond donors (Lipinski definition) is 2. The summed E-state index contributed by atoms with van der Waals surface area (Å²) in [5.74, 6) is 1.96. The van der Waals surface area contributed by atoms with Crippen molar-refractivity contribution in [3.63, 3.8) is 0 Å². The van der Waals surface area contributed by atoms with Crippen LogP contribution in [-0.4, -0.2) is 22.3 Å². The van der Waals surface area contributed by atoms with E-state index in [-0.39, 0.29) is 0 Å². The lowest BCUT2D eigenvalue weighted by Crippen LogP contribution is -2.06. The lowest BCUT2D eigenvalue weighted by Gasteiger charge is -2.09. The van der Waals surface area contributed by atoms with Gasteiger partial charge in [0.15, 0.2) is 5.82 Å². The zero-order valence-electron chi connectivity index (χ0n) is 13.7. The number of nitrogens with zero attached hydrogens (tertiary/aromatic N) is 3. The molecule has 3 aromatic rings. The molecule has 2 N–H and O–H groups in total. The summed E-state index contributed by atoms with van der Waals surface area (Å²) >= 11 is 0. The summed E-state index contributed by atoms with van der Waals surface area (Å²) in [5, 5.41) is 14.4. The SMILES string of the molecule is COc1ccc(CNc2nncc(Nc3ccccc3C)n2)cc1. The molecule has 6 heteroatoms. The fourth-order valence-corrected chi connectivity index (χ4v) is 2.21. The van der Waals surface area contributed by atoms with E-state index in [2.05, 4.69) is 25.8 Å². The zero-order valence-corrected chi connectivity index (χ0v) is 13.7. The standard InChI is InChI=1S/C18H19N5O/c1-13-5-3-4-6-16(13)21-17-12-20-23-18(22-17)19-11-14-7-9-15(24-2)10-8-14/h3-10,12H,11H2,1-2H3,(H2,19,21,22,23). The van der Waals surface area contributed by atoms with Crippen LogP contribution in [0.15, 0.2) is 54.7 Å². The first-order valence-corrected chi connectivity index (χ1v) is 7.64. The van der Waals surface area contributed by atoms with Crippen LogP contribution in [0.5, 0.6) is 5.75 Å². The maximum Gasteiger partial charge on any atom is 0.244 e. The molecular formula is C18H19N5O. The lowest BCUT2D eigenvalue weighted by molar-refractivity contribution is 0.414. The Balaban J connectivity index is 1.65. The highest BCUT2D eigenvalue weighted by Crippen LogP contribution is 2.18. The molecule has 0 bridgehead atoms. The molecule has 0 atom stereocenters. The molecular weight excluding hydrogens is 302 g/mol. The Labute approximate surface area is 140 Å². The van der Waals surface area contributed by atoms with Crippen molar-refractivity contribution in [2.24, 2.45) is 0 Å². The molecule has 0 aliphatic rings. The van der Waals surface area contributed by atoms with E-state index in [1.165, 1.54) is 0 Å². The number of aryl methyl sites for hydroxylation is 1. The van der Waals surface area contributed by atoms with Crippen molar-refractivity contribution in [2.45, 2.75) is 13.5 Å². The Kier molecular flexibility index (Phi) is 4.86. The van der Waals surface area contributed by atoms with Crippen LogP contribution in [-0.2, 0) is 6.54 Å². The summed E-state index contributed by atoms with van der Waals surface area (Å²) in [6.07, 6.45) is 1.60. The minimum atomic E-state index is 0.476. The first kappa shape index (κ1) is 15.7. The van der Waals surface area contributed by atoms with Gasteiger partial charge in [-0.3, -0.25) is 0 Å². The van der Waals surface area contributed by atoms with Gasteiger partial charge in [-0.05, 0) is 36.2 Å². The van der Waals surface area contributed by atoms with Crippen molar-refractivity contribution >= 4 is 17.5 Å². The fourth-order valence-electron chi connectivity index (χ4n) is 2.21. The van der Waals surface area contributed by atoms with Gasteiger partial charge >= 0.3 is 0 Å². The van der Waals surface area contributed by atoms with Crippen LogP contribution in [0, 0.1) is 6.92 Å². The van der Waals surface area contributed by atoms with Crippen LogP contribution in [0.1, 0.15) is 11.1 Å². The molecule has 2 aromatic carbocycles. The molecule has 0 unspecified atom stereocenters. The molecule has 0 aliphatic carbocycles. The number of anilines is 3. The summed E-state index contributed by atoms with van der Waals surface area (Å²) in [4.78, 5) is 4.44. The second kappa shape index (κ2) is 7.41. The number of para-hydroxylation sites is 1. The fraction of sp³-hybridized carbons (Fsp3) is 0.167. The first-order valence-electron chi connectivity index (χ1n) is 7.64. The van der Waals surface area contributed by atoms with Gasteiger partial charge in [0.05, 0.1) is 13.3 Å². The molecule has 3 rings (SSSR count). The summed E-state index contributed by atoms with van der Waals surface area (Å²) in [6.45, 7) is 2.65. The molecule has 0 amide bonds. The van der Waals surface area contributed by atoms with E-state index in [0.717, 1.165) is 22.6 Å². The van der Waals surface area contributed by atoms with Crippen molar-refractivity contribution in [2.75, 3.05) is 17.7 Å². The van der Waals surface area contributed by atoms with Crippen LogP contribution in [0.2, 0.25) is 0 Å². The summed E-state index contributed by atoms with van der Waals surface area (Å²) < 4.78 is 5.15. The number of methoxy groups -OCH3 is 1. The maximum atomic E-state index is 5.15. The normalized spacial score (nSPS) is 10.2. The molecule has 0 saturated heterocycles. The topological polar surface area (TPSA) is 72.0 Å². The van der Waals surface area contributed by atoms with Gasteiger partial charge in [-0.15, -0.1) is 5.10 Å². The molecule has 6 nitrogen and oxygen atoms in total. The van der Waals surface area contributed by atoms with Gasteiger partial charge in [0.2, 0.25) is 5.95 Å². The quantitative estimate of drug-likeness (QED) is 0.723. The number of aromatic nitrogens is 3. The van der Waals surface area contributed by atoms with Gasteiger partial charge in [0.25, 0.3) is 0 Å². The van der Waals surface area contributed by atoms with Crippen molar-refractivity contribution < 1.29 is 4.74 Å². The largest absolute Gasteiger partial charge is 0.497 e. The van der Waals surface area contributed by atoms with Crippen molar-refractivity contribution in [1.82, 2.24) is 15.2 Å². The van der Waals surface area contributed by atoms with Gasteiger partial charge < -0.3 is 15.4 Å². The predicted octanol–water partition coefficient (Wildman–Crippen LogP) is 3.54.